The first-order valence-electron chi connectivity index (χ1n) is 11.9. The van der Waals surface area contributed by atoms with Gasteiger partial charge in [-0.15, -0.1) is 0 Å². The summed E-state index contributed by atoms with van der Waals surface area (Å²) in [6.45, 7) is 13.9. The Kier molecular flexibility index (Phi) is 6.33. The van der Waals surface area contributed by atoms with E-state index in [-0.39, 0.29) is 17.9 Å². The number of hydrogen-bond donors (Lipinski definition) is 0. The molecule has 0 aliphatic carbocycles. The van der Waals surface area contributed by atoms with Gasteiger partial charge in [0.15, 0.2) is 0 Å². The largest absolute Gasteiger partial charge is 0.489 e. The van der Waals surface area contributed by atoms with E-state index in [2.05, 4.69) is 24.8 Å². The summed E-state index contributed by atoms with van der Waals surface area (Å²) in [6.07, 6.45) is 1.05. The molecule has 5 nitrogen and oxygen atoms in total. The van der Waals surface area contributed by atoms with Crippen molar-refractivity contribution in [2.45, 2.75) is 54.1 Å². The molecule has 2 aromatic rings. The van der Waals surface area contributed by atoms with Gasteiger partial charge in [-0.3, -0.25) is 9.59 Å². The van der Waals surface area contributed by atoms with E-state index in [0.717, 1.165) is 36.2 Å². The van der Waals surface area contributed by atoms with Crippen LogP contribution in [0.25, 0.3) is 5.57 Å². The van der Waals surface area contributed by atoms with Crippen LogP contribution in [-0.4, -0.2) is 35.9 Å². The van der Waals surface area contributed by atoms with Gasteiger partial charge in [0.25, 0.3) is 11.8 Å². The maximum Gasteiger partial charge on any atom is 0.282 e. The molecule has 0 saturated carbocycles. The highest BCUT2D eigenvalue weighted by molar-refractivity contribution is 6.45. The van der Waals surface area contributed by atoms with Crippen molar-refractivity contribution in [2.75, 3.05) is 18.0 Å². The van der Waals surface area contributed by atoms with Crippen molar-refractivity contribution in [3.8, 4) is 5.75 Å². The zero-order valence-corrected chi connectivity index (χ0v) is 20.5. The number of likely N-dealkylation sites (tertiary alicyclic amines) is 1. The molecule has 1 saturated heterocycles. The first-order valence-corrected chi connectivity index (χ1v) is 11.9. The predicted octanol–water partition coefficient (Wildman–Crippen LogP) is 5.35. The second kappa shape index (κ2) is 9.05. The molecule has 2 atom stereocenters. The standard InChI is InChI=1S/C28H34N2O3/c1-17(2)33-24-10-8-7-9-23(24)30-27(31)25(22-12-11-18(3)14-21(22)6)26(28(30)32)29-15-19(4)13-20(5)16-29/h7-12,14,17,19-20H,13,15-16H2,1-6H3. The number of rotatable bonds is 5. The highest BCUT2D eigenvalue weighted by Gasteiger charge is 2.45. The normalized spacial score (nSPS) is 21.4. The lowest BCUT2D eigenvalue weighted by atomic mass is 9.90. The monoisotopic (exact) mass is 446 g/mol. The molecule has 2 amide bonds. The van der Waals surface area contributed by atoms with Gasteiger partial charge in [-0.2, -0.15) is 0 Å². The fourth-order valence-electron chi connectivity index (χ4n) is 5.21. The Balaban J connectivity index is 1.87. The lowest BCUT2D eigenvalue weighted by Crippen LogP contribution is -2.42. The van der Waals surface area contributed by atoms with Crippen LogP contribution in [0.4, 0.5) is 5.69 Å². The van der Waals surface area contributed by atoms with Crippen LogP contribution in [0.2, 0.25) is 0 Å². The smallest absolute Gasteiger partial charge is 0.282 e. The number of benzene rings is 2. The van der Waals surface area contributed by atoms with Crippen LogP contribution in [0.5, 0.6) is 5.75 Å². The molecule has 5 heteroatoms. The highest BCUT2D eigenvalue weighted by Crippen LogP contribution is 2.41. The van der Waals surface area contributed by atoms with Crippen LogP contribution in [0.1, 0.15) is 50.8 Å². The minimum atomic E-state index is -0.285. The zero-order valence-electron chi connectivity index (χ0n) is 20.5. The predicted molar refractivity (Wildman–Crippen MR) is 132 cm³/mol. The molecule has 0 aromatic heterocycles. The molecular weight excluding hydrogens is 412 g/mol. The number of amides is 2. The topological polar surface area (TPSA) is 49.9 Å². The second-order valence-electron chi connectivity index (χ2n) is 9.97. The first kappa shape index (κ1) is 23.1. The minimum Gasteiger partial charge on any atom is -0.489 e. The Labute approximate surface area is 197 Å². The van der Waals surface area contributed by atoms with Crippen molar-refractivity contribution in [2.24, 2.45) is 11.8 Å². The molecule has 0 bridgehead atoms. The first-order chi connectivity index (χ1) is 15.7. The van der Waals surface area contributed by atoms with E-state index in [0.29, 0.717) is 34.5 Å². The molecule has 0 radical (unpaired) electrons. The zero-order chi connectivity index (χ0) is 23.9. The van der Waals surface area contributed by atoms with E-state index >= 15 is 0 Å². The average Bonchev–Trinajstić information content (AvgIpc) is 2.97. The molecule has 2 aliphatic rings. The number of anilines is 1. The lowest BCUT2D eigenvalue weighted by molar-refractivity contribution is -0.121. The van der Waals surface area contributed by atoms with Gasteiger partial charge in [0.1, 0.15) is 11.4 Å². The van der Waals surface area contributed by atoms with Crippen LogP contribution in [0, 0.1) is 25.7 Å². The van der Waals surface area contributed by atoms with Crippen molar-refractivity contribution in [3.63, 3.8) is 0 Å². The van der Waals surface area contributed by atoms with Crippen molar-refractivity contribution < 1.29 is 14.3 Å². The van der Waals surface area contributed by atoms with E-state index in [1.54, 1.807) is 6.07 Å². The molecule has 0 spiro atoms. The number of carbonyl (C=O) groups excluding carboxylic acids is 2. The minimum absolute atomic E-state index is 0.0750. The number of aryl methyl sites for hydroxylation is 2. The third-order valence-corrected chi connectivity index (χ3v) is 6.36. The van der Waals surface area contributed by atoms with Crippen molar-refractivity contribution in [3.05, 3.63) is 64.9 Å². The number of ether oxygens (including phenoxy) is 1. The Bertz CT molecular complexity index is 1110. The SMILES string of the molecule is Cc1ccc(C2=C(N3CC(C)CC(C)C3)C(=O)N(c3ccccc3OC(C)C)C2=O)c(C)c1. The quantitative estimate of drug-likeness (QED) is 0.581. The number of para-hydroxylation sites is 2. The Morgan fingerprint density at radius 1 is 0.939 bits per heavy atom. The molecule has 2 aromatic carbocycles. The molecular formula is C28H34N2O3. The van der Waals surface area contributed by atoms with Gasteiger partial charge in [-0.25, -0.2) is 4.90 Å². The van der Waals surface area contributed by atoms with Crippen LogP contribution < -0.4 is 9.64 Å². The molecule has 33 heavy (non-hydrogen) atoms. The molecule has 2 aliphatic heterocycles. The van der Waals surface area contributed by atoms with Gasteiger partial charge in [0.2, 0.25) is 0 Å². The van der Waals surface area contributed by atoms with Crippen LogP contribution in [0.3, 0.4) is 0 Å². The van der Waals surface area contributed by atoms with Crippen molar-refractivity contribution >= 4 is 23.1 Å². The van der Waals surface area contributed by atoms with E-state index in [1.165, 1.54) is 4.90 Å². The Morgan fingerprint density at radius 3 is 2.24 bits per heavy atom. The molecule has 4 rings (SSSR count). The maximum atomic E-state index is 14.0. The summed E-state index contributed by atoms with van der Waals surface area (Å²) in [6, 6.07) is 13.3. The number of carbonyl (C=O) groups is 2. The number of piperidine rings is 1. The van der Waals surface area contributed by atoms with Crippen LogP contribution in [-0.2, 0) is 9.59 Å². The fraction of sp³-hybridized carbons (Fsp3) is 0.429. The second-order valence-corrected chi connectivity index (χ2v) is 9.97. The summed E-state index contributed by atoms with van der Waals surface area (Å²) < 4.78 is 5.97. The molecule has 174 valence electrons. The van der Waals surface area contributed by atoms with Crippen LogP contribution in [0.15, 0.2) is 48.2 Å². The summed E-state index contributed by atoms with van der Waals surface area (Å²) in [4.78, 5) is 31.4. The van der Waals surface area contributed by atoms with Gasteiger partial charge < -0.3 is 9.64 Å². The van der Waals surface area contributed by atoms with E-state index in [9.17, 15) is 9.59 Å². The number of hydrogen-bond acceptors (Lipinski definition) is 4. The summed E-state index contributed by atoms with van der Waals surface area (Å²) in [7, 11) is 0. The van der Waals surface area contributed by atoms with E-state index in [4.69, 9.17) is 4.74 Å². The van der Waals surface area contributed by atoms with E-state index in [1.807, 2.05) is 58.0 Å². The summed E-state index contributed by atoms with van der Waals surface area (Å²) in [5, 5.41) is 0. The van der Waals surface area contributed by atoms with Gasteiger partial charge in [0.05, 0.1) is 17.4 Å². The maximum absolute atomic E-state index is 14.0. The van der Waals surface area contributed by atoms with Gasteiger partial charge in [-0.1, -0.05) is 49.7 Å². The van der Waals surface area contributed by atoms with E-state index < -0.39 is 0 Å². The lowest BCUT2D eigenvalue weighted by Gasteiger charge is -2.37. The highest BCUT2D eigenvalue weighted by atomic mass is 16.5. The fourth-order valence-corrected chi connectivity index (χ4v) is 5.21. The Hall–Kier alpha value is -3.08. The van der Waals surface area contributed by atoms with Gasteiger partial charge >= 0.3 is 0 Å². The third kappa shape index (κ3) is 4.41. The third-order valence-electron chi connectivity index (χ3n) is 6.36. The molecule has 0 N–H and O–H groups in total. The molecule has 2 heterocycles. The molecule has 1 fully saturated rings. The summed E-state index contributed by atoms with van der Waals surface area (Å²) >= 11 is 0. The van der Waals surface area contributed by atoms with Gasteiger partial charge in [0, 0.05) is 13.1 Å². The average molecular weight is 447 g/mol. The van der Waals surface area contributed by atoms with Crippen LogP contribution >= 0.6 is 0 Å². The summed E-state index contributed by atoms with van der Waals surface area (Å²) in [5.74, 6) is 0.893. The summed E-state index contributed by atoms with van der Waals surface area (Å²) in [5.41, 5.74) is 4.46. The van der Waals surface area contributed by atoms with Crippen molar-refractivity contribution in [1.82, 2.24) is 4.90 Å². The molecule has 2 unspecified atom stereocenters. The van der Waals surface area contributed by atoms with Crippen molar-refractivity contribution in [1.29, 1.82) is 0 Å². The van der Waals surface area contributed by atoms with Gasteiger partial charge in [-0.05, 0) is 69.2 Å². The number of imide groups is 1. The number of nitrogens with zero attached hydrogens (tertiary/aromatic N) is 2. The Morgan fingerprint density at radius 2 is 1.61 bits per heavy atom.